The third-order valence-corrected chi connectivity index (χ3v) is 2.99. The van der Waals surface area contributed by atoms with E-state index in [1.54, 1.807) is 12.4 Å². The van der Waals surface area contributed by atoms with Crippen LogP contribution in [0.2, 0.25) is 0 Å². The Labute approximate surface area is 127 Å². The number of alkyl carbamates (subject to hydrolysis) is 1. The normalized spacial score (nSPS) is 13.0. The van der Waals surface area contributed by atoms with E-state index in [1.165, 1.54) is 5.56 Å². The Hall–Kier alpha value is -1.62. The van der Waals surface area contributed by atoms with Gasteiger partial charge in [-0.2, -0.15) is 0 Å². The molecule has 1 aromatic heterocycles. The van der Waals surface area contributed by atoms with Crippen LogP contribution < -0.4 is 10.6 Å². The number of carbonyl (C=O) groups is 1. The van der Waals surface area contributed by atoms with Crippen molar-refractivity contribution < 1.29 is 9.53 Å². The summed E-state index contributed by atoms with van der Waals surface area (Å²) < 4.78 is 5.24. The predicted molar refractivity (Wildman–Crippen MR) is 83.9 cm³/mol. The van der Waals surface area contributed by atoms with E-state index in [4.69, 9.17) is 4.74 Å². The summed E-state index contributed by atoms with van der Waals surface area (Å²) in [4.78, 5) is 15.7. The molecule has 0 aliphatic heterocycles. The van der Waals surface area contributed by atoms with Gasteiger partial charge in [-0.3, -0.25) is 4.98 Å². The van der Waals surface area contributed by atoms with Crippen molar-refractivity contribution in [1.82, 2.24) is 15.6 Å². The molecule has 1 atom stereocenters. The number of amides is 1. The second-order valence-electron chi connectivity index (χ2n) is 6.47. The molecule has 0 aliphatic carbocycles. The van der Waals surface area contributed by atoms with Gasteiger partial charge in [-0.1, -0.05) is 13.8 Å². The van der Waals surface area contributed by atoms with E-state index < -0.39 is 5.60 Å². The fourth-order valence-electron chi connectivity index (χ4n) is 1.80. The van der Waals surface area contributed by atoms with E-state index in [0.717, 1.165) is 6.54 Å². The third-order valence-electron chi connectivity index (χ3n) is 2.99. The first-order valence-electron chi connectivity index (χ1n) is 7.37. The molecule has 0 aliphatic rings. The quantitative estimate of drug-likeness (QED) is 0.846. The maximum absolute atomic E-state index is 11.7. The van der Waals surface area contributed by atoms with Gasteiger partial charge in [-0.15, -0.1) is 0 Å². The number of nitrogens with zero attached hydrogens (tertiary/aromatic N) is 1. The van der Waals surface area contributed by atoms with E-state index in [-0.39, 0.29) is 12.1 Å². The maximum atomic E-state index is 11.7. The van der Waals surface area contributed by atoms with Crippen LogP contribution >= 0.6 is 0 Å². The first kappa shape index (κ1) is 17.4. The molecule has 0 aromatic carbocycles. The zero-order chi connectivity index (χ0) is 15.9. The van der Waals surface area contributed by atoms with Crippen molar-refractivity contribution in [2.24, 2.45) is 5.92 Å². The first-order chi connectivity index (χ1) is 9.78. The SMILES string of the molecule is CC(C)C(CNC(=O)OC(C)(C)C)NCc1ccncc1. The van der Waals surface area contributed by atoms with Crippen LogP contribution in [0.3, 0.4) is 0 Å². The second-order valence-corrected chi connectivity index (χ2v) is 6.47. The van der Waals surface area contributed by atoms with Gasteiger partial charge in [0.2, 0.25) is 0 Å². The molecule has 0 saturated carbocycles. The molecule has 2 N–H and O–H groups in total. The molecule has 1 unspecified atom stereocenters. The number of carbonyl (C=O) groups excluding carboxylic acids is 1. The van der Waals surface area contributed by atoms with Crippen molar-refractivity contribution >= 4 is 6.09 Å². The van der Waals surface area contributed by atoms with Gasteiger partial charge in [0, 0.05) is 31.5 Å². The Morgan fingerprint density at radius 3 is 2.43 bits per heavy atom. The molecule has 0 spiro atoms. The Morgan fingerprint density at radius 1 is 1.29 bits per heavy atom. The number of aromatic nitrogens is 1. The monoisotopic (exact) mass is 293 g/mol. The van der Waals surface area contributed by atoms with Crippen LogP contribution in [-0.4, -0.2) is 29.3 Å². The summed E-state index contributed by atoms with van der Waals surface area (Å²) in [7, 11) is 0. The highest BCUT2D eigenvalue weighted by molar-refractivity contribution is 5.67. The summed E-state index contributed by atoms with van der Waals surface area (Å²) in [6.45, 7) is 11.1. The summed E-state index contributed by atoms with van der Waals surface area (Å²) in [5, 5.41) is 6.28. The van der Waals surface area contributed by atoms with Crippen LogP contribution in [0.25, 0.3) is 0 Å². The first-order valence-corrected chi connectivity index (χ1v) is 7.37. The molecular weight excluding hydrogens is 266 g/mol. The zero-order valence-electron chi connectivity index (χ0n) is 13.6. The molecule has 0 radical (unpaired) electrons. The van der Waals surface area contributed by atoms with Crippen LogP contribution in [-0.2, 0) is 11.3 Å². The van der Waals surface area contributed by atoms with Crippen molar-refractivity contribution in [3.63, 3.8) is 0 Å². The molecule has 118 valence electrons. The number of hydrogen-bond acceptors (Lipinski definition) is 4. The van der Waals surface area contributed by atoms with Gasteiger partial charge in [0.25, 0.3) is 0 Å². The second kappa shape index (κ2) is 7.98. The third kappa shape index (κ3) is 7.66. The van der Waals surface area contributed by atoms with Gasteiger partial charge >= 0.3 is 6.09 Å². The van der Waals surface area contributed by atoms with Crippen LogP contribution in [0.15, 0.2) is 24.5 Å². The lowest BCUT2D eigenvalue weighted by molar-refractivity contribution is 0.0519. The molecule has 1 amide bonds. The van der Waals surface area contributed by atoms with Crippen LogP contribution in [0.5, 0.6) is 0 Å². The summed E-state index contributed by atoms with van der Waals surface area (Å²) in [6, 6.07) is 4.14. The van der Waals surface area contributed by atoms with Crippen molar-refractivity contribution in [2.45, 2.75) is 52.8 Å². The average Bonchev–Trinajstić information content (AvgIpc) is 2.37. The lowest BCUT2D eigenvalue weighted by Crippen LogP contribution is -2.45. The molecule has 21 heavy (non-hydrogen) atoms. The average molecular weight is 293 g/mol. The smallest absolute Gasteiger partial charge is 0.407 e. The van der Waals surface area contributed by atoms with Crippen molar-refractivity contribution in [2.75, 3.05) is 6.54 Å². The van der Waals surface area contributed by atoms with E-state index in [1.807, 2.05) is 32.9 Å². The highest BCUT2D eigenvalue weighted by Gasteiger charge is 2.18. The Morgan fingerprint density at radius 2 is 1.90 bits per heavy atom. The standard InChI is InChI=1S/C16H27N3O2/c1-12(2)14(11-19-15(20)21-16(3,4)5)18-10-13-6-8-17-9-7-13/h6-9,12,14,18H,10-11H2,1-5H3,(H,19,20). The van der Waals surface area contributed by atoms with E-state index in [2.05, 4.69) is 29.5 Å². The molecule has 0 bridgehead atoms. The maximum Gasteiger partial charge on any atom is 0.407 e. The van der Waals surface area contributed by atoms with E-state index >= 15 is 0 Å². The summed E-state index contributed by atoms with van der Waals surface area (Å²) in [5.41, 5.74) is 0.704. The van der Waals surface area contributed by atoms with E-state index in [0.29, 0.717) is 12.5 Å². The minimum Gasteiger partial charge on any atom is -0.444 e. The Bertz CT molecular complexity index is 427. The fraction of sp³-hybridized carbons (Fsp3) is 0.625. The van der Waals surface area contributed by atoms with Gasteiger partial charge in [0.15, 0.2) is 0 Å². The minimum absolute atomic E-state index is 0.186. The fourth-order valence-corrected chi connectivity index (χ4v) is 1.80. The molecule has 1 heterocycles. The Balaban J connectivity index is 2.42. The molecule has 5 heteroatoms. The van der Waals surface area contributed by atoms with Gasteiger partial charge < -0.3 is 15.4 Å². The topological polar surface area (TPSA) is 63.2 Å². The number of hydrogen-bond donors (Lipinski definition) is 2. The lowest BCUT2D eigenvalue weighted by Gasteiger charge is -2.25. The minimum atomic E-state index is -0.470. The highest BCUT2D eigenvalue weighted by Crippen LogP contribution is 2.07. The summed E-state index contributed by atoms with van der Waals surface area (Å²) >= 11 is 0. The van der Waals surface area contributed by atoms with Crippen molar-refractivity contribution in [1.29, 1.82) is 0 Å². The molecular formula is C16H27N3O2. The molecule has 0 saturated heterocycles. The van der Waals surface area contributed by atoms with Crippen LogP contribution in [0.1, 0.15) is 40.2 Å². The van der Waals surface area contributed by atoms with Gasteiger partial charge in [0.1, 0.15) is 5.60 Å². The number of nitrogens with one attached hydrogen (secondary N) is 2. The predicted octanol–water partition coefficient (Wildman–Crippen LogP) is 2.72. The number of pyridine rings is 1. The van der Waals surface area contributed by atoms with Gasteiger partial charge in [-0.25, -0.2) is 4.79 Å². The molecule has 1 rings (SSSR count). The van der Waals surface area contributed by atoms with Gasteiger partial charge in [-0.05, 0) is 44.4 Å². The zero-order valence-corrected chi connectivity index (χ0v) is 13.6. The molecule has 0 fully saturated rings. The lowest BCUT2D eigenvalue weighted by atomic mass is 10.0. The van der Waals surface area contributed by atoms with Gasteiger partial charge in [0.05, 0.1) is 0 Å². The number of rotatable bonds is 6. The molecule has 5 nitrogen and oxygen atoms in total. The number of ether oxygens (including phenoxy) is 1. The van der Waals surface area contributed by atoms with Crippen molar-refractivity contribution in [3.05, 3.63) is 30.1 Å². The largest absolute Gasteiger partial charge is 0.444 e. The van der Waals surface area contributed by atoms with Crippen molar-refractivity contribution in [3.8, 4) is 0 Å². The summed E-state index contributed by atoms with van der Waals surface area (Å²) in [6.07, 6.45) is 3.18. The highest BCUT2D eigenvalue weighted by atomic mass is 16.6. The Kier molecular flexibility index (Phi) is 6.62. The van der Waals surface area contributed by atoms with Crippen LogP contribution in [0.4, 0.5) is 4.79 Å². The summed E-state index contributed by atoms with van der Waals surface area (Å²) in [5.74, 6) is 0.404. The van der Waals surface area contributed by atoms with E-state index in [9.17, 15) is 4.79 Å². The molecule has 1 aromatic rings. The van der Waals surface area contributed by atoms with Crippen LogP contribution in [0, 0.1) is 5.92 Å².